The molecule has 0 aromatic heterocycles. The summed E-state index contributed by atoms with van der Waals surface area (Å²) in [5.41, 5.74) is -2.24. The highest BCUT2D eigenvalue weighted by Crippen LogP contribution is 2.27. The maximum absolute atomic E-state index is 13.0. The molecular weight excluding hydrogens is 315 g/mol. The first-order valence-corrected chi connectivity index (χ1v) is 6.76. The van der Waals surface area contributed by atoms with Crippen molar-refractivity contribution in [3.63, 3.8) is 0 Å². The predicted molar refractivity (Wildman–Crippen MR) is 66.6 cm³/mol. The number of rotatable bonds is 4. The second-order valence-electron chi connectivity index (χ2n) is 4.09. The topological polar surface area (TPSA) is 104 Å². The average Bonchev–Trinajstić information content (AvgIpc) is 2.33. The van der Waals surface area contributed by atoms with Crippen molar-refractivity contribution in [1.29, 1.82) is 0 Å². The van der Waals surface area contributed by atoms with Crippen molar-refractivity contribution in [3.05, 3.63) is 35.9 Å². The lowest BCUT2D eigenvalue weighted by Gasteiger charge is -2.20. The molecule has 0 amide bonds. The molecule has 0 aliphatic rings. The minimum Gasteiger partial charge on any atom is -0.479 e. The molecule has 2 N–H and O–H groups in total. The van der Waals surface area contributed by atoms with Gasteiger partial charge in [-0.15, -0.1) is 0 Å². The Morgan fingerprint density at radius 1 is 1.19 bits per heavy atom. The molecule has 0 unspecified atom stereocenters. The van der Waals surface area contributed by atoms with E-state index < -0.39 is 38.4 Å². The summed E-state index contributed by atoms with van der Waals surface area (Å²) in [6.45, 7) is 0.360. The fraction of sp³-hybridized carbons (Fsp3) is 0.273. The van der Waals surface area contributed by atoms with E-state index in [1.54, 1.807) is 0 Å². The van der Waals surface area contributed by atoms with E-state index in [1.165, 1.54) is 18.2 Å². The highest BCUT2D eigenvalue weighted by atomic mass is 32.2. The highest BCUT2D eigenvalue weighted by Gasteiger charge is 2.49. The Labute approximate surface area is 117 Å². The quantitative estimate of drug-likeness (QED) is 0.648. The van der Waals surface area contributed by atoms with Gasteiger partial charge in [0.25, 0.3) is 4.87 Å². The summed E-state index contributed by atoms with van der Waals surface area (Å²) in [7, 11) is -5.41. The summed E-state index contributed by atoms with van der Waals surface area (Å²) in [6.07, 6.45) is -5.11. The number of carbonyl (C=O) groups is 1. The van der Waals surface area contributed by atoms with Crippen LogP contribution in [0, 0.1) is 0 Å². The molecule has 0 spiro atoms. The summed E-state index contributed by atoms with van der Waals surface area (Å²) in [5.74, 6) is -2.23. The molecule has 116 valence electrons. The Morgan fingerprint density at radius 2 is 1.67 bits per heavy atom. The van der Waals surface area contributed by atoms with Gasteiger partial charge in [-0.3, -0.25) is 4.55 Å². The summed E-state index contributed by atoms with van der Waals surface area (Å²) in [5, 5.41) is 8.82. The molecule has 0 saturated carbocycles. The molecule has 6 nitrogen and oxygen atoms in total. The van der Waals surface area contributed by atoms with Gasteiger partial charge in [-0.2, -0.15) is 21.6 Å². The zero-order valence-electron chi connectivity index (χ0n) is 10.5. The van der Waals surface area contributed by atoms with Gasteiger partial charge in [-0.25, -0.2) is 9.79 Å². The summed E-state index contributed by atoms with van der Waals surface area (Å²) in [6, 6.07) is 5.86. The third kappa shape index (κ3) is 3.58. The van der Waals surface area contributed by atoms with Gasteiger partial charge in [0.15, 0.2) is 0 Å². The number of hydrogen-bond donors (Lipinski definition) is 2. The minimum absolute atomic E-state index is 0.360. The Bertz CT molecular complexity index is 669. The van der Waals surface area contributed by atoms with Crippen molar-refractivity contribution in [2.24, 2.45) is 4.99 Å². The van der Waals surface area contributed by atoms with Crippen LogP contribution in [0.1, 0.15) is 12.5 Å². The molecule has 0 aliphatic carbocycles. The van der Waals surface area contributed by atoms with Crippen LogP contribution in [-0.4, -0.2) is 40.8 Å². The van der Waals surface area contributed by atoms with Crippen LogP contribution < -0.4 is 0 Å². The van der Waals surface area contributed by atoms with Crippen molar-refractivity contribution in [3.8, 4) is 0 Å². The summed E-state index contributed by atoms with van der Waals surface area (Å²) < 4.78 is 70.0. The molecule has 1 aromatic carbocycles. The van der Waals surface area contributed by atoms with Gasteiger partial charge < -0.3 is 5.11 Å². The molecule has 10 heteroatoms. The summed E-state index contributed by atoms with van der Waals surface area (Å²) >= 11 is 0. The van der Waals surface area contributed by atoms with E-state index in [1.807, 2.05) is 0 Å². The van der Waals surface area contributed by atoms with E-state index in [0.717, 1.165) is 12.1 Å². The van der Waals surface area contributed by atoms with Crippen LogP contribution in [0.2, 0.25) is 0 Å². The van der Waals surface area contributed by atoms with Crippen molar-refractivity contribution in [2.45, 2.75) is 18.0 Å². The van der Waals surface area contributed by atoms with Gasteiger partial charge in [0.05, 0.1) is 0 Å². The third-order valence-corrected chi connectivity index (χ3v) is 3.81. The first-order chi connectivity index (χ1) is 9.39. The highest BCUT2D eigenvalue weighted by molar-refractivity contribution is 7.88. The Morgan fingerprint density at radius 3 is 2.00 bits per heavy atom. The van der Waals surface area contributed by atoms with E-state index in [9.17, 15) is 26.4 Å². The number of aliphatic imine (C=N–C) groups is 1. The zero-order chi connectivity index (χ0) is 16.5. The largest absolute Gasteiger partial charge is 0.479 e. The molecule has 0 radical (unpaired) electrons. The van der Waals surface area contributed by atoms with Crippen LogP contribution in [0.25, 0.3) is 0 Å². The third-order valence-electron chi connectivity index (χ3n) is 2.54. The average molecular weight is 325 g/mol. The molecule has 0 bridgehead atoms. The lowest BCUT2D eigenvalue weighted by Crippen LogP contribution is -2.44. The van der Waals surface area contributed by atoms with Crippen LogP contribution >= 0.6 is 0 Å². The van der Waals surface area contributed by atoms with Gasteiger partial charge >= 0.3 is 22.3 Å². The number of alkyl halides is 3. The monoisotopic (exact) mass is 325 g/mol. The molecule has 0 fully saturated rings. The number of carboxylic acids is 1. The number of benzene rings is 1. The number of carboxylic acid groups (broad SMARTS) is 1. The van der Waals surface area contributed by atoms with Crippen LogP contribution in [0.15, 0.2) is 35.3 Å². The number of nitrogens with zero attached hydrogens (tertiary/aromatic N) is 1. The van der Waals surface area contributed by atoms with E-state index in [0.29, 0.717) is 6.92 Å². The molecule has 0 aliphatic heterocycles. The minimum atomic E-state index is -5.41. The smallest absolute Gasteiger partial charge is 0.433 e. The van der Waals surface area contributed by atoms with Gasteiger partial charge in [0, 0.05) is 5.56 Å². The zero-order valence-corrected chi connectivity index (χ0v) is 11.3. The Kier molecular flexibility index (Phi) is 4.44. The van der Waals surface area contributed by atoms with E-state index in [4.69, 9.17) is 9.66 Å². The molecule has 1 aromatic rings. The van der Waals surface area contributed by atoms with Gasteiger partial charge in [0.1, 0.15) is 5.71 Å². The lowest BCUT2D eigenvalue weighted by molar-refractivity contribution is -0.139. The number of halogens is 3. The van der Waals surface area contributed by atoms with E-state index in [2.05, 4.69) is 4.99 Å². The molecule has 0 heterocycles. The lowest BCUT2D eigenvalue weighted by atomic mass is 10.1. The molecule has 1 rings (SSSR count). The van der Waals surface area contributed by atoms with E-state index >= 15 is 0 Å². The molecule has 0 saturated heterocycles. The van der Waals surface area contributed by atoms with Gasteiger partial charge in [0.2, 0.25) is 0 Å². The van der Waals surface area contributed by atoms with Crippen molar-refractivity contribution in [2.75, 3.05) is 0 Å². The Balaban J connectivity index is 3.64. The first-order valence-electron chi connectivity index (χ1n) is 5.32. The maximum atomic E-state index is 13.0. The molecule has 21 heavy (non-hydrogen) atoms. The maximum Gasteiger partial charge on any atom is 0.433 e. The second kappa shape index (κ2) is 5.45. The standard InChI is InChI=1S/C11H10F3NO5S/c1-10(9(16)17,21(18,19)20)15-8(11(12,13)14)7-5-3-2-4-6-7/h2-6H,1H3,(H,16,17)(H,18,19,20)/t10-/m1/s1. The molecule has 1 atom stereocenters. The second-order valence-corrected chi connectivity index (χ2v) is 5.83. The molecular formula is C11H10F3NO5S. The van der Waals surface area contributed by atoms with Crippen molar-refractivity contribution < 1.29 is 36.0 Å². The Hall–Kier alpha value is -1.94. The SMILES string of the molecule is C[C@](N=C(c1ccccc1)C(F)(F)F)(C(=O)O)S(=O)(=O)O. The van der Waals surface area contributed by atoms with Crippen LogP contribution in [0.3, 0.4) is 0 Å². The van der Waals surface area contributed by atoms with Crippen LogP contribution in [0.4, 0.5) is 13.2 Å². The predicted octanol–water partition coefficient (Wildman–Crippen LogP) is 1.73. The first kappa shape index (κ1) is 17.1. The van der Waals surface area contributed by atoms with Gasteiger partial charge in [-0.1, -0.05) is 30.3 Å². The van der Waals surface area contributed by atoms with Crippen LogP contribution in [-0.2, 0) is 14.9 Å². The normalized spacial score (nSPS) is 16.3. The number of aliphatic carboxylic acids is 1. The fourth-order valence-electron chi connectivity index (χ4n) is 1.32. The van der Waals surface area contributed by atoms with Crippen LogP contribution in [0.5, 0.6) is 0 Å². The summed E-state index contributed by atoms with van der Waals surface area (Å²) in [4.78, 5) is 10.4. The van der Waals surface area contributed by atoms with Crippen molar-refractivity contribution in [1.82, 2.24) is 0 Å². The number of hydrogen-bond acceptors (Lipinski definition) is 4. The van der Waals surface area contributed by atoms with E-state index in [-0.39, 0.29) is 0 Å². The fourth-order valence-corrected chi connectivity index (χ4v) is 1.74. The van der Waals surface area contributed by atoms with Crippen molar-refractivity contribution >= 4 is 21.8 Å². The van der Waals surface area contributed by atoms with Gasteiger partial charge in [-0.05, 0) is 6.92 Å².